The van der Waals surface area contributed by atoms with Crippen molar-refractivity contribution < 1.29 is 24.8 Å². The molecule has 164 valence electrons. The van der Waals surface area contributed by atoms with Crippen molar-refractivity contribution >= 4 is 0 Å². The molecule has 30 heavy (non-hydrogen) atoms. The second-order valence-corrected chi connectivity index (χ2v) is 10.1. The molecule has 0 aromatic heterocycles. The average molecular weight is 415 g/mol. The summed E-state index contributed by atoms with van der Waals surface area (Å²) in [4.78, 5) is 0. The number of aliphatic hydroxyl groups is 3. The Morgan fingerprint density at radius 2 is 1.97 bits per heavy atom. The first-order valence-corrected chi connectivity index (χ1v) is 11.5. The molecular formula is C25H34O5. The quantitative estimate of drug-likeness (QED) is 0.662. The van der Waals surface area contributed by atoms with Gasteiger partial charge in [0.25, 0.3) is 0 Å². The molecule has 0 radical (unpaired) electrons. The molecule has 1 aromatic carbocycles. The maximum Gasteiger partial charge on any atom is 0.228 e. The molecule has 5 heteroatoms. The topological polar surface area (TPSA) is 79.2 Å². The van der Waals surface area contributed by atoms with E-state index in [1.165, 1.54) is 43.2 Å². The van der Waals surface area contributed by atoms with Crippen molar-refractivity contribution in [1.82, 2.24) is 0 Å². The Kier molecular flexibility index (Phi) is 5.21. The third kappa shape index (κ3) is 3.13. The van der Waals surface area contributed by atoms with Gasteiger partial charge in [0.15, 0.2) is 0 Å². The van der Waals surface area contributed by atoms with Crippen LogP contribution in [0.15, 0.2) is 30.9 Å². The SMILES string of the molecule is C=C[C@H]1CC[C@H]2[C@@H]3CCc4cc(O[C@@H]5OC[C@@H](O)[C@@H](O)[C@@H]5O)ccc4[C@H]3CC[C@]12C. The van der Waals surface area contributed by atoms with E-state index < -0.39 is 24.6 Å². The highest BCUT2D eigenvalue weighted by atomic mass is 16.7. The van der Waals surface area contributed by atoms with Crippen molar-refractivity contribution in [1.29, 1.82) is 0 Å². The second-order valence-electron chi connectivity index (χ2n) is 10.1. The van der Waals surface area contributed by atoms with Crippen molar-refractivity contribution in [3.05, 3.63) is 42.0 Å². The van der Waals surface area contributed by atoms with E-state index >= 15 is 0 Å². The minimum atomic E-state index is -1.27. The number of allylic oxidation sites excluding steroid dienone is 1. The van der Waals surface area contributed by atoms with E-state index in [4.69, 9.17) is 9.47 Å². The summed E-state index contributed by atoms with van der Waals surface area (Å²) >= 11 is 0. The van der Waals surface area contributed by atoms with E-state index in [-0.39, 0.29) is 6.61 Å². The van der Waals surface area contributed by atoms with Gasteiger partial charge in [-0.2, -0.15) is 0 Å². The van der Waals surface area contributed by atoms with Crippen molar-refractivity contribution in [2.45, 2.75) is 76.0 Å². The summed E-state index contributed by atoms with van der Waals surface area (Å²) in [6.45, 7) is 6.57. The highest BCUT2D eigenvalue weighted by Crippen LogP contribution is 2.63. The van der Waals surface area contributed by atoms with E-state index in [2.05, 4.69) is 31.7 Å². The summed E-state index contributed by atoms with van der Waals surface area (Å²) in [5.74, 6) is 3.48. The smallest absolute Gasteiger partial charge is 0.228 e. The number of aliphatic hydroxyl groups excluding tert-OH is 3. The van der Waals surface area contributed by atoms with Gasteiger partial charge in [-0.3, -0.25) is 0 Å². The maximum absolute atomic E-state index is 10.1. The molecule has 4 aliphatic rings. The molecule has 2 saturated carbocycles. The van der Waals surface area contributed by atoms with E-state index in [1.807, 2.05) is 6.07 Å². The van der Waals surface area contributed by atoms with Gasteiger partial charge in [0.2, 0.25) is 6.29 Å². The van der Waals surface area contributed by atoms with Crippen molar-refractivity contribution in [2.24, 2.45) is 23.2 Å². The first-order valence-electron chi connectivity index (χ1n) is 11.5. The van der Waals surface area contributed by atoms with Crippen LogP contribution < -0.4 is 4.74 Å². The Morgan fingerprint density at radius 1 is 1.13 bits per heavy atom. The molecule has 0 spiro atoms. The van der Waals surface area contributed by atoms with Crippen LogP contribution in [0, 0.1) is 23.2 Å². The Morgan fingerprint density at radius 3 is 2.77 bits per heavy atom. The third-order valence-corrected chi connectivity index (χ3v) is 8.76. The van der Waals surface area contributed by atoms with Crippen LogP contribution in [0.5, 0.6) is 5.75 Å². The standard InChI is InChI=1S/C25H34O5/c1-3-15-5-9-20-19-7-4-14-12-16(30-24-23(28)22(27)21(26)13-29-24)6-8-17(14)18(19)10-11-25(15,20)2/h3,6,8,12,15,18-24,26-28H,1,4-5,7,9-11,13H2,2H3/t15-,18+,19+,20-,21+,22+,23-,24-,25+/m0/s1. The van der Waals surface area contributed by atoms with Crippen LogP contribution in [0.2, 0.25) is 0 Å². The summed E-state index contributed by atoms with van der Waals surface area (Å²) in [5.41, 5.74) is 3.22. The molecule has 3 fully saturated rings. The fourth-order valence-corrected chi connectivity index (χ4v) is 7.08. The lowest BCUT2D eigenvalue weighted by atomic mass is 9.54. The molecule has 3 N–H and O–H groups in total. The van der Waals surface area contributed by atoms with Gasteiger partial charge in [-0.15, -0.1) is 6.58 Å². The van der Waals surface area contributed by atoms with Gasteiger partial charge in [0.05, 0.1) is 6.61 Å². The molecule has 3 aliphatic carbocycles. The number of hydrogen-bond donors (Lipinski definition) is 3. The van der Waals surface area contributed by atoms with Crippen LogP contribution in [0.4, 0.5) is 0 Å². The fourth-order valence-electron chi connectivity index (χ4n) is 7.08. The number of fused-ring (bicyclic) bond motifs is 5. The Hall–Kier alpha value is -1.40. The van der Waals surface area contributed by atoms with Gasteiger partial charge < -0.3 is 24.8 Å². The molecule has 0 amide bonds. The molecule has 1 aliphatic heterocycles. The lowest BCUT2D eigenvalue weighted by Gasteiger charge is -2.50. The van der Waals surface area contributed by atoms with Crippen molar-refractivity contribution in [2.75, 3.05) is 6.61 Å². The predicted molar refractivity (Wildman–Crippen MR) is 113 cm³/mol. The average Bonchev–Trinajstić information content (AvgIpc) is 3.10. The van der Waals surface area contributed by atoms with Crippen LogP contribution in [-0.4, -0.2) is 46.5 Å². The zero-order chi connectivity index (χ0) is 21.0. The van der Waals surface area contributed by atoms with E-state index in [0.29, 0.717) is 23.0 Å². The van der Waals surface area contributed by atoms with Crippen molar-refractivity contribution in [3.8, 4) is 5.75 Å². The third-order valence-electron chi connectivity index (χ3n) is 8.76. The molecule has 5 nitrogen and oxygen atoms in total. The minimum absolute atomic E-state index is 0.0521. The van der Waals surface area contributed by atoms with Gasteiger partial charge in [-0.25, -0.2) is 0 Å². The van der Waals surface area contributed by atoms with Crippen LogP contribution >= 0.6 is 0 Å². The summed E-state index contributed by atoms with van der Waals surface area (Å²) in [6, 6.07) is 6.24. The number of benzene rings is 1. The van der Waals surface area contributed by atoms with Crippen molar-refractivity contribution in [3.63, 3.8) is 0 Å². The zero-order valence-electron chi connectivity index (χ0n) is 17.7. The van der Waals surface area contributed by atoms with E-state index in [0.717, 1.165) is 18.3 Å². The zero-order valence-corrected chi connectivity index (χ0v) is 17.7. The number of ether oxygens (including phenoxy) is 2. The minimum Gasteiger partial charge on any atom is -0.462 e. The lowest BCUT2D eigenvalue weighted by Crippen LogP contribution is -2.54. The second kappa shape index (κ2) is 7.63. The summed E-state index contributed by atoms with van der Waals surface area (Å²) < 4.78 is 11.2. The number of rotatable bonds is 3. The molecule has 0 unspecified atom stereocenters. The van der Waals surface area contributed by atoms with Gasteiger partial charge in [-0.05, 0) is 90.9 Å². The molecule has 1 heterocycles. The van der Waals surface area contributed by atoms with Gasteiger partial charge in [-0.1, -0.05) is 19.1 Å². The van der Waals surface area contributed by atoms with E-state index in [1.54, 1.807) is 0 Å². The monoisotopic (exact) mass is 414 g/mol. The number of aryl methyl sites for hydroxylation is 1. The first-order chi connectivity index (χ1) is 14.4. The lowest BCUT2D eigenvalue weighted by molar-refractivity contribution is -0.242. The van der Waals surface area contributed by atoms with Crippen LogP contribution in [0.3, 0.4) is 0 Å². The van der Waals surface area contributed by atoms with E-state index in [9.17, 15) is 15.3 Å². The number of hydrogen-bond acceptors (Lipinski definition) is 5. The molecule has 0 bridgehead atoms. The molecule has 1 aromatic rings. The maximum atomic E-state index is 10.1. The highest BCUT2D eigenvalue weighted by molar-refractivity contribution is 5.41. The Labute approximate surface area is 178 Å². The first kappa shape index (κ1) is 20.5. The molecule has 1 saturated heterocycles. The summed E-state index contributed by atoms with van der Waals surface area (Å²) in [7, 11) is 0. The van der Waals surface area contributed by atoms with Gasteiger partial charge in [0, 0.05) is 0 Å². The molecular weight excluding hydrogens is 380 g/mol. The normalized spacial score (nSPS) is 45.2. The van der Waals surface area contributed by atoms with Gasteiger partial charge >= 0.3 is 0 Å². The fraction of sp³-hybridized carbons (Fsp3) is 0.680. The van der Waals surface area contributed by atoms with Crippen LogP contribution in [-0.2, 0) is 11.2 Å². The highest BCUT2D eigenvalue weighted by Gasteiger charge is 2.53. The molecule has 9 atom stereocenters. The van der Waals surface area contributed by atoms with Gasteiger partial charge in [0.1, 0.15) is 24.1 Å². The summed E-state index contributed by atoms with van der Waals surface area (Å²) in [6.07, 6.45) is 5.02. The van der Waals surface area contributed by atoms with Crippen LogP contribution in [0.1, 0.15) is 56.1 Å². The molecule has 5 rings (SSSR count). The Balaban J connectivity index is 1.34. The predicted octanol–water partition coefficient (Wildman–Crippen LogP) is 3.16. The summed E-state index contributed by atoms with van der Waals surface area (Å²) in [5, 5.41) is 29.6. The largest absolute Gasteiger partial charge is 0.462 e. The Bertz CT molecular complexity index is 809. The van der Waals surface area contributed by atoms with Crippen LogP contribution in [0.25, 0.3) is 0 Å².